The van der Waals surface area contributed by atoms with E-state index in [0.717, 1.165) is 58.7 Å². The van der Waals surface area contributed by atoms with Gasteiger partial charge in [-0.25, -0.2) is 9.97 Å². The zero-order valence-electron chi connectivity index (χ0n) is 19.7. The topological polar surface area (TPSA) is 73.2 Å². The summed E-state index contributed by atoms with van der Waals surface area (Å²) in [5, 5.41) is 3.57. The Morgan fingerprint density at radius 2 is 1.71 bits per heavy atom. The molecule has 2 aromatic carbocycles. The average molecular weight is 460 g/mol. The number of aryl methyl sites for hydroxylation is 1. The molecule has 3 heterocycles. The molecule has 4 aromatic rings. The van der Waals surface area contributed by atoms with Crippen LogP contribution in [0.3, 0.4) is 0 Å². The molecule has 8 heteroatoms. The quantitative estimate of drug-likeness (QED) is 0.445. The molecule has 0 radical (unpaired) electrons. The number of hydrogen-bond acceptors (Lipinski definition) is 7. The van der Waals surface area contributed by atoms with Crippen molar-refractivity contribution < 1.29 is 14.2 Å². The zero-order chi connectivity index (χ0) is 23.5. The minimum absolute atomic E-state index is 0.691. The molecule has 5 rings (SSSR count). The van der Waals surface area contributed by atoms with Gasteiger partial charge >= 0.3 is 0 Å². The Kier molecular flexibility index (Phi) is 6.22. The van der Waals surface area contributed by atoms with E-state index in [9.17, 15) is 0 Å². The number of hydrogen-bond donors (Lipinski definition) is 1. The van der Waals surface area contributed by atoms with Crippen LogP contribution in [0, 0.1) is 6.92 Å². The van der Waals surface area contributed by atoms with E-state index in [4.69, 9.17) is 19.2 Å². The van der Waals surface area contributed by atoms with Crippen molar-refractivity contribution in [3.63, 3.8) is 0 Å². The lowest BCUT2D eigenvalue weighted by Crippen LogP contribution is -2.37. The highest BCUT2D eigenvalue weighted by molar-refractivity contribution is 5.70. The van der Waals surface area contributed by atoms with Crippen LogP contribution in [0.4, 0.5) is 11.6 Å². The third-order valence-corrected chi connectivity index (χ3v) is 6.14. The van der Waals surface area contributed by atoms with Crippen LogP contribution in [0.2, 0.25) is 0 Å². The van der Waals surface area contributed by atoms with Gasteiger partial charge in [-0.05, 0) is 35.7 Å². The molecular formula is C26H29N5O3. The first-order chi connectivity index (χ1) is 16.7. The summed E-state index contributed by atoms with van der Waals surface area (Å²) in [5.41, 5.74) is 5.20. The van der Waals surface area contributed by atoms with Crippen LogP contribution in [0.25, 0.3) is 16.8 Å². The van der Waals surface area contributed by atoms with Crippen molar-refractivity contribution >= 4 is 17.3 Å². The van der Waals surface area contributed by atoms with Gasteiger partial charge in [-0.2, -0.15) is 0 Å². The SMILES string of the molecule is COc1ccc(-c2ccc(CNc3c(C)nc4c(N5CCOCC5)nccn34)cc2)cc1OC. The van der Waals surface area contributed by atoms with Gasteiger partial charge in [0.15, 0.2) is 23.0 Å². The Morgan fingerprint density at radius 3 is 2.44 bits per heavy atom. The van der Waals surface area contributed by atoms with Crippen molar-refractivity contribution in [2.45, 2.75) is 13.5 Å². The molecule has 0 unspecified atom stereocenters. The maximum atomic E-state index is 5.49. The number of ether oxygens (including phenoxy) is 3. The second-order valence-corrected chi connectivity index (χ2v) is 8.21. The van der Waals surface area contributed by atoms with Gasteiger partial charge in [-0.1, -0.05) is 30.3 Å². The third kappa shape index (κ3) is 4.24. The molecule has 176 valence electrons. The van der Waals surface area contributed by atoms with Crippen molar-refractivity contribution in [3.05, 3.63) is 66.1 Å². The maximum Gasteiger partial charge on any atom is 0.182 e. The molecule has 0 atom stereocenters. The summed E-state index contributed by atoms with van der Waals surface area (Å²) in [4.78, 5) is 11.7. The summed E-state index contributed by atoms with van der Waals surface area (Å²) in [6.45, 7) is 5.80. The monoisotopic (exact) mass is 459 g/mol. The fraction of sp³-hybridized carbons (Fsp3) is 0.308. The van der Waals surface area contributed by atoms with Gasteiger partial charge in [0, 0.05) is 32.0 Å². The Hall–Kier alpha value is -3.78. The summed E-state index contributed by atoms with van der Waals surface area (Å²) < 4.78 is 18.4. The molecular weight excluding hydrogens is 430 g/mol. The lowest BCUT2D eigenvalue weighted by atomic mass is 10.0. The first-order valence-corrected chi connectivity index (χ1v) is 11.4. The summed E-state index contributed by atoms with van der Waals surface area (Å²) in [6, 6.07) is 14.5. The molecule has 0 aliphatic carbocycles. The first kappa shape index (κ1) is 22.0. The number of imidazole rings is 1. The van der Waals surface area contributed by atoms with Gasteiger partial charge in [-0.3, -0.25) is 4.40 Å². The molecule has 34 heavy (non-hydrogen) atoms. The highest BCUT2D eigenvalue weighted by Gasteiger charge is 2.19. The number of methoxy groups -OCH3 is 2. The van der Waals surface area contributed by atoms with Crippen molar-refractivity contribution in [3.8, 4) is 22.6 Å². The van der Waals surface area contributed by atoms with Gasteiger partial charge in [-0.15, -0.1) is 0 Å². The molecule has 0 spiro atoms. The van der Waals surface area contributed by atoms with Crippen LogP contribution < -0.4 is 19.7 Å². The van der Waals surface area contributed by atoms with Gasteiger partial charge in [0.25, 0.3) is 0 Å². The summed E-state index contributed by atoms with van der Waals surface area (Å²) in [5.74, 6) is 3.33. The van der Waals surface area contributed by atoms with Crippen molar-refractivity contribution in [2.24, 2.45) is 0 Å². The zero-order valence-corrected chi connectivity index (χ0v) is 19.7. The largest absolute Gasteiger partial charge is 0.493 e. The van der Waals surface area contributed by atoms with Crippen molar-refractivity contribution in [1.82, 2.24) is 14.4 Å². The molecule has 1 aliphatic rings. The minimum atomic E-state index is 0.691. The molecule has 2 aromatic heterocycles. The summed E-state index contributed by atoms with van der Waals surface area (Å²) in [7, 11) is 3.29. The highest BCUT2D eigenvalue weighted by Crippen LogP contribution is 2.32. The van der Waals surface area contributed by atoms with E-state index in [1.165, 1.54) is 5.56 Å². The number of nitrogens with zero attached hydrogens (tertiary/aromatic N) is 4. The Labute approximate surface area is 199 Å². The fourth-order valence-electron chi connectivity index (χ4n) is 4.31. The Balaban J connectivity index is 1.33. The number of morpholine rings is 1. The molecule has 0 amide bonds. The minimum Gasteiger partial charge on any atom is -0.493 e. The molecule has 1 saturated heterocycles. The first-order valence-electron chi connectivity index (χ1n) is 11.4. The van der Waals surface area contributed by atoms with Crippen LogP contribution in [0.1, 0.15) is 11.3 Å². The second kappa shape index (κ2) is 9.61. The van der Waals surface area contributed by atoms with Crippen LogP contribution in [-0.2, 0) is 11.3 Å². The number of aromatic nitrogens is 3. The smallest absolute Gasteiger partial charge is 0.182 e. The van der Waals surface area contributed by atoms with Gasteiger partial charge < -0.3 is 24.4 Å². The predicted molar refractivity (Wildman–Crippen MR) is 133 cm³/mol. The predicted octanol–water partition coefficient (Wildman–Crippen LogP) is 4.17. The normalized spacial score (nSPS) is 13.8. The molecule has 1 fully saturated rings. The summed E-state index contributed by atoms with van der Waals surface area (Å²) >= 11 is 0. The number of anilines is 2. The van der Waals surface area contributed by atoms with Crippen LogP contribution in [0.5, 0.6) is 11.5 Å². The number of nitrogens with one attached hydrogen (secondary N) is 1. The number of rotatable bonds is 7. The Morgan fingerprint density at radius 1 is 0.971 bits per heavy atom. The van der Waals surface area contributed by atoms with Crippen molar-refractivity contribution in [1.29, 1.82) is 0 Å². The average Bonchev–Trinajstić information content (AvgIpc) is 3.22. The molecule has 1 N–H and O–H groups in total. The third-order valence-electron chi connectivity index (χ3n) is 6.14. The Bertz CT molecular complexity index is 1280. The van der Waals surface area contributed by atoms with E-state index in [-0.39, 0.29) is 0 Å². The van der Waals surface area contributed by atoms with E-state index in [1.54, 1.807) is 14.2 Å². The lowest BCUT2D eigenvalue weighted by Gasteiger charge is -2.27. The van der Waals surface area contributed by atoms with Gasteiger partial charge in [0.2, 0.25) is 0 Å². The number of benzene rings is 2. The van der Waals surface area contributed by atoms with Crippen LogP contribution in [0.15, 0.2) is 54.9 Å². The maximum absolute atomic E-state index is 5.49. The van der Waals surface area contributed by atoms with Gasteiger partial charge in [0.05, 0.1) is 33.1 Å². The van der Waals surface area contributed by atoms with E-state index in [2.05, 4.69) is 43.9 Å². The van der Waals surface area contributed by atoms with E-state index < -0.39 is 0 Å². The molecule has 1 aliphatic heterocycles. The molecule has 0 saturated carbocycles. The molecule has 0 bridgehead atoms. The second-order valence-electron chi connectivity index (χ2n) is 8.21. The van der Waals surface area contributed by atoms with E-state index in [0.29, 0.717) is 19.8 Å². The summed E-state index contributed by atoms with van der Waals surface area (Å²) in [6.07, 6.45) is 3.80. The highest BCUT2D eigenvalue weighted by atomic mass is 16.5. The van der Waals surface area contributed by atoms with Crippen molar-refractivity contribution in [2.75, 3.05) is 50.7 Å². The number of fused-ring (bicyclic) bond motifs is 1. The standard InChI is InChI=1S/C26H29N5O3/c1-18-24(31-11-10-27-25(26(31)29-18)30-12-14-34-15-13-30)28-17-19-4-6-20(7-5-19)21-8-9-22(32-2)23(16-21)33-3/h4-11,16,28H,12-15,17H2,1-3H3. The van der Waals surface area contributed by atoms with E-state index in [1.807, 2.05) is 37.5 Å². The fourth-order valence-corrected chi connectivity index (χ4v) is 4.31. The molecule has 8 nitrogen and oxygen atoms in total. The van der Waals surface area contributed by atoms with Gasteiger partial charge in [0.1, 0.15) is 5.82 Å². The van der Waals surface area contributed by atoms with Crippen LogP contribution >= 0.6 is 0 Å². The lowest BCUT2D eigenvalue weighted by molar-refractivity contribution is 0.122. The van der Waals surface area contributed by atoms with E-state index >= 15 is 0 Å². The van der Waals surface area contributed by atoms with Crippen LogP contribution in [-0.4, -0.2) is 54.9 Å².